The predicted octanol–water partition coefficient (Wildman–Crippen LogP) is 0.834. The summed E-state index contributed by atoms with van der Waals surface area (Å²) in [5.41, 5.74) is -0.123. The van der Waals surface area contributed by atoms with Crippen LogP contribution in [0.25, 0.3) is 0 Å². The minimum Gasteiger partial charge on any atom is -0.393 e. The van der Waals surface area contributed by atoms with Crippen molar-refractivity contribution in [2.45, 2.75) is 45.9 Å². The van der Waals surface area contributed by atoms with E-state index >= 15 is 0 Å². The van der Waals surface area contributed by atoms with E-state index in [2.05, 4.69) is 10.3 Å². The molecule has 2 unspecified atom stereocenters. The number of aliphatic hydroxyl groups is 1. The van der Waals surface area contributed by atoms with Crippen molar-refractivity contribution in [2.75, 3.05) is 5.32 Å². The Morgan fingerprint density at radius 3 is 2.81 bits per heavy atom. The van der Waals surface area contributed by atoms with Gasteiger partial charge < -0.3 is 15.0 Å². The Bertz CT molecular complexity index is 387. The van der Waals surface area contributed by atoms with Crippen LogP contribution in [-0.2, 0) is 6.54 Å². The zero-order valence-corrected chi connectivity index (χ0v) is 9.97. The van der Waals surface area contributed by atoms with Gasteiger partial charge >= 0.3 is 0 Å². The summed E-state index contributed by atoms with van der Waals surface area (Å²) in [6.45, 7) is 6.17. The number of aromatic nitrogens is 2. The fraction of sp³-hybridized carbons (Fsp3) is 0.636. The molecule has 0 spiro atoms. The molecule has 0 radical (unpaired) electrons. The number of nitrogens with one attached hydrogen (secondary N) is 1. The first-order chi connectivity index (χ1) is 7.54. The van der Waals surface area contributed by atoms with Gasteiger partial charge in [0.15, 0.2) is 5.82 Å². The molecule has 0 bridgehead atoms. The van der Waals surface area contributed by atoms with E-state index in [1.165, 1.54) is 0 Å². The van der Waals surface area contributed by atoms with Crippen molar-refractivity contribution < 1.29 is 5.11 Å². The third-order valence-electron chi connectivity index (χ3n) is 2.33. The van der Waals surface area contributed by atoms with Gasteiger partial charge in [-0.25, -0.2) is 4.98 Å². The quantitative estimate of drug-likeness (QED) is 0.779. The molecular weight excluding hydrogens is 206 g/mol. The molecule has 90 valence electrons. The zero-order chi connectivity index (χ0) is 12.1. The molecule has 0 aliphatic carbocycles. The van der Waals surface area contributed by atoms with Crippen molar-refractivity contribution in [1.82, 2.24) is 9.55 Å². The summed E-state index contributed by atoms with van der Waals surface area (Å²) in [5, 5.41) is 12.2. The van der Waals surface area contributed by atoms with Crippen molar-refractivity contribution >= 4 is 5.82 Å². The minimum atomic E-state index is -0.389. The molecule has 5 nitrogen and oxygen atoms in total. The molecule has 0 amide bonds. The molecule has 0 fully saturated rings. The largest absolute Gasteiger partial charge is 0.393 e. The monoisotopic (exact) mass is 225 g/mol. The third-order valence-corrected chi connectivity index (χ3v) is 2.33. The van der Waals surface area contributed by atoms with Crippen molar-refractivity contribution in [2.24, 2.45) is 0 Å². The smallest absolute Gasteiger partial charge is 0.293 e. The van der Waals surface area contributed by atoms with Crippen LogP contribution in [0, 0.1) is 0 Å². The van der Waals surface area contributed by atoms with Crippen LogP contribution in [0.5, 0.6) is 0 Å². The Hall–Kier alpha value is -1.36. The van der Waals surface area contributed by atoms with Crippen molar-refractivity contribution in [3.63, 3.8) is 0 Å². The first kappa shape index (κ1) is 12.7. The molecule has 1 heterocycles. The molecule has 0 aromatic carbocycles. The molecule has 0 aliphatic heterocycles. The van der Waals surface area contributed by atoms with E-state index in [9.17, 15) is 9.90 Å². The molecule has 1 rings (SSSR count). The Morgan fingerprint density at radius 2 is 2.25 bits per heavy atom. The maximum atomic E-state index is 11.8. The van der Waals surface area contributed by atoms with E-state index in [1.54, 1.807) is 23.9 Å². The fourth-order valence-electron chi connectivity index (χ4n) is 1.60. The van der Waals surface area contributed by atoms with Gasteiger partial charge in [-0.05, 0) is 27.2 Å². The SMILES string of the molecule is CCn1ccnc(NC(C)CC(C)O)c1=O. The van der Waals surface area contributed by atoms with E-state index in [1.807, 2.05) is 13.8 Å². The van der Waals surface area contributed by atoms with Crippen molar-refractivity contribution in [1.29, 1.82) is 0 Å². The lowest BCUT2D eigenvalue weighted by atomic mass is 10.1. The van der Waals surface area contributed by atoms with Crippen LogP contribution in [-0.4, -0.2) is 26.8 Å². The van der Waals surface area contributed by atoms with Gasteiger partial charge in [-0.15, -0.1) is 0 Å². The number of hydrogen-bond donors (Lipinski definition) is 2. The average Bonchev–Trinajstić information content (AvgIpc) is 2.20. The number of nitrogens with zero attached hydrogens (tertiary/aromatic N) is 2. The summed E-state index contributed by atoms with van der Waals surface area (Å²) < 4.78 is 1.59. The lowest BCUT2D eigenvalue weighted by Crippen LogP contribution is -2.29. The van der Waals surface area contributed by atoms with Crippen molar-refractivity contribution in [3.05, 3.63) is 22.7 Å². The highest BCUT2D eigenvalue weighted by Gasteiger charge is 2.09. The second-order valence-electron chi connectivity index (χ2n) is 4.00. The molecule has 0 saturated heterocycles. The maximum absolute atomic E-state index is 11.8. The summed E-state index contributed by atoms with van der Waals surface area (Å²) in [7, 11) is 0. The number of rotatable bonds is 5. The normalized spacial score (nSPS) is 14.5. The Kier molecular flexibility index (Phi) is 4.49. The van der Waals surface area contributed by atoms with Gasteiger partial charge in [0.05, 0.1) is 6.10 Å². The second-order valence-corrected chi connectivity index (χ2v) is 4.00. The molecule has 2 atom stereocenters. The van der Waals surface area contributed by atoms with E-state index in [-0.39, 0.29) is 17.7 Å². The van der Waals surface area contributed by atoms with Crippen LogP contribution in [0.15, 0.2) is 17.2 Å². The fourth-order valence-corrected chi connectivity index (χ4v) is 1.60. The van der Waals surface area contributed by atoms with Gasteiger partial charge in [0, 0.05) is 25.0 Å². The maximum Gasteiger partial charge on any atom is 0.293 e. The number of aliphatic hydroxyl groups excluding tert-OH is 1. The highest BCUT2D eigenvalue weighted by molar-refractivity contribution is 5.31. The van der Waals surface area contributed by atoms with E-state index < -0.39 is 0 Å². The van der Waals surface area contributed by atoms with Gasteiger partial charge in [0.1, 0.15) is 0 Å². The average molecular weight is 225 g/mol. The van der Waals surface area contributed by atoms with Crippen LogP contribution < -0.4 is 10.9 Å². The Labute approximate surface area is 95.1 Å². The highest BCUT2D eigenvalue weighted by Crippen LogP contribution is 2.03. The highest BCUT2D eigenvalue weighted by atomic mass is 16.3. The molecule has 1 aromatic rings. The van der Waals surface area contributed by atoms with Crippen molar-refractivity contribution in [3.8, 4) is 0 Å². The van der Waals surface area contributed by atoms with Crippen LogP contribution in [0.3, 0.4) is 0 Å². The van der Waals surface area contributed by atoms with E-state index in [4.69, 9.17) is 0 Å². The number of aryl methyl sites for hydroxylation is 1. The Morgan fingerprint density at radius 1 is 1.56 bits per heavy atom. The van der Waals surface area contributed by atoms with E-state index in [0.717, 1.165) is 0 Å². The third kappa shape index (κ3) is 3.34. The molecule has 0 saturated carbocycles. The Balaban J connectivity index is 2.78. The summed E-state index contributed by atoms with van der Waals surface area (Å²) in [4.78, 5) is 15.8. The van der Waals surface area contributed by atoms with Crippen LogP contribution in [0.1, 0.15) is 27.2 Å². The van der Waals surface area contributed by atoms with Crippen LogP contribution >= 0.6 is 0 Å². The molecule has 0 aliphatic rings. The van der Waals surface area contributed by atoms with Gasteiger partial charge in [-0.1, -0.05) is 0 Å². The van der Waals surface area contributed by atoms with Crippen LogP contribution in [0.2, 0.25) is 0 Å². The van der Waals surface area contributed by atoms with E-state index in [0.29, 0.717) is 18.8 Å². The minimum absolute atomic E-state index is 0.0212. The summed E-state index contributed by atoms with van der Waals surface area (Å²) in [5.74, 6) is 0.345. The summed E-state index contributed by atoms with van der Waals surface area (Å²) >= 11 is 0. The summed E-state index contributed by atoms with van der Waals surface area (Å²) in [6.07, 6.45) is 3.46. The summed E-state index contributed by atoms with van der Waals surface area (Å²) in [6, 6.07) is 0.0212. The molecule has 1 aromatic heterocycles. The first-order valence-electron chi connectivity index (χ1n) is 5.54. The second kappa shape index (κ2) is 5.65. The number of anilines is 1. The molecule has 5 heteroatoms. The van der Waals surface area contributed by atoms with Gasteiger partial charge in [-0.3, -0.25) is 4.79 Å². The van der Waals surface area contributed by atoms with Gasteiger partial charge in [0.2, 0.25) is 0 Å². The van der Waals surface area contributed by atoms with Gasteiger partial charge in [0.25, 0.3) is 5.56 Å². The zero-order valence-electron chi connectivity index (χ0n) is 9.97. The van der Waals surface area contributed by atoms with Crippen LogP contribution in [0.4, 0.5) is 5.82 Å². The molecular formula is C11H19N3O2. The first-order valence-corrected chi connectivity index (χ1v) is 5.54. The lowest BCUT2D eigenvalue weighted by molar-refractivity contribution is 0.179. The number of hydrogen-bond acceptors (Lipinski definition) is 4. The molecule has 16 heavy (non-hydrogen) atoms. The lowest BCUT2D eigenvalue weighted by Gasteiger charge is -2.15. The predicted molar refractivity (Wildman–Crippen MR) is 63.6 cm³/mol. The topological polar surface area (TPSA) is 67.2 Å². The standard InChI is InChI=1S/C11H19N3O2/c1-4-14-6-5-12-10(11(14)16)13-8(2)7-9(3)15/h5-6,8-9,15H,4,7H2,1-3H3,(H,12,13). The van der Waals surface area contributed by atoms with Gasteiger partial charge in [-0.2, -0.15) is 0 Å². The molecule has 2 N–H and O–H groups in total.